The second-order valence-electron chi connectivity index (χ2n) is 6.91. The summed E-state index contributed by atoms with van der Waals surface area (Å²) in [5.41, 5.74) is 3.20. The monoisotopic (exact) mass is 421 g/mol. The number of fused-ring (bicyclic) bond motifs is 1. The van der Waals surface area contributed by atoms with Crippen LogP contribution < -0.4 is 9.64 Å². The molecule has 1 aliphatic heterocycles. The quantitative estimate of drug-likeness (QED) is 0.543. The second-order valence-corrected chi connectivity index (χ2v) is 7.35. The summed E-state index contributed by atoms with van der Waals surface area (Å²) in [4.78, 5) is 26.8. The van der Waals surface area contributed by atoms with E-state index in [1.165, 1.54) is 0 Å². The number of anilines is 1. The lowest BCUT2D eigenvalue weighted by Crippen LogP contribution is -2.33. The van der Waals surface area contributed by atoms with E-state index in [1.54, 1.807) is 41.3 Å². The molecule has 1 amide bonds. The van der Waals surface area contributed by atoms with E-state index in [2.05, 4.69) is 0 Å². The Kier molecular flexibility index (Phi) is 6.00. The standard InChI is InChI=1S/C24H20ClNO4/c25-19-11-9-17(10-12-19)15-29-22-8-4-2-6-20(22)24(28)30-16-23(27)26-14-13-18-5-1-3-7-21(18)26/h1-12H,13-16H2. The van der Waals surface area contributed by atoms with Crippen LogP contribution in [0.15, 0.2) is 72.8 Å². The number of hydrogen-bond acceptors (Lipinski definition) is 4. The van der Waals surface area contributed by atoms with Crippen molar-refractivity contribution in [1.82, 2.24) is 0 Å². The molecule has 152 valence electrons. The minimum absolute atomic E-state index is 0.243. The van der Waals surface area contributed by atoms with Gasteiger partial charge in [-0.25, -0.2) is 4.79 Å². The molecule has 0 radical (unpaired) electrons. The largest absolute Gasteiger partial charge is 0.488 e. The second kappa shape index (κ2) is 9.01. The normalized spacial score (nSPS) is 12.4. The first-order valence-corrected chi connectivity index (χ1v) is 10.0. The number of amides is 1. The first-order chi connectivity index (χ1) is 14.6. The van der Waals surface area contributed by atoms with Gasteiger partial charge in [0.1, 0.15) is 17.9 Å². The van der Waals surface area contributed by atoms with Gasteiger partial charge in [-0.15, -0.1) is 0 Å². The Labute approximate surface area is 179 Å². The minimum Gasteiger partial charge on any atom is -0.488 e. The SMILES string of the molecule is O=C(OCC(=O)N1CCc2ccccc21)c1ccccc1OCc1ccc(Cl)cc1. The molecule has 1 heterocycles. The van der Waals surface area contributed by atoms with Crippen molar-refractivity contribution >= 4 is 29.2 Å². The van der Waals surface area contributed by atoms with Crippen LogP contribution in [-0.4, -0.2) is 25.0 Å². The highest BCUT2D eigenvalue weighted by Crippen LogP contribution is 2.27. The molecule has 3 aromatic carbocycles. The Bertz CT molecular complexity index is 1060. The van der Waals surface area contributed by atoms with Crippen LogP contribution in [0.1, 0.15) is 21.5 Å². The fourth-order valence-corrected chi connectivity index (χ4v) is 3.51. The zero-order chi connectivity index (χ0) is 20.9. The summed E-state index contributed by atoms with van der Waals surface area (Å²) in [7, 11) is 0. The van der Waals surface area contributed by atoms with Crippen molar-refractivity contribution in [3.05, 3.63) is 94.5 Å². The van der Waals surface area contributed by atoms with E-state index >= 15 is 0 Å². The molecule has 6 heteroatoms. The van der Waals surface area contributed by atoms with Gasteiger partial charge in [-0.3, -0.25) is 4.79 Å². The maximum absolute atomic E-state index is 12.6. The zero-order valence-electron chi connectivity index (χ0n) is 16.2. The molecule has 0 saturated heterocycles. The van der Waals surface area contributed by atoms with Crippen molar-refractivity contribution in [2.45, 2.75) is 13.0 Å². The number of para-hydroxylation sites is 2. The van der Waals surface area contributed by atoms with Crippen LogP contribution in [0.3, 0.4) is 0 Å². The average Bonchev–Trinajstić information content (AvgIpc) is 3.21. The summed E-state index contributed by atoms with van der Waals surface area (Å²) >= 11 is 5.90. The summed E-state index contributed by atoms with van der Waals surface area (Å²) < 4.78 is 11.1. The average molecular weight is 422 g/mol. The van der Waals surface area contributed by atoms with Gasteiger partial charge in [0.15, 0.2) is 6.61 Å². The molecular weight excluding hydrogens is 402 g/mol. The number of benzene rings is 3. The molecule has 0 unspecified atom stereocenters. The molecule has 5 nitrogen and oxygen atoms in total. The molecule has 0 fully saturated rings. The van der Waals surface area contributed by atoms with Gasteiger partial charge in [-0.05, 0) is 47.9 Å². The predicted molar refractivity (Wildman–Crippen MR) is 115 cm³/mol. The Balaban J connectivity index is 1.38. The fraction of sp³-hybridized carbons (Fsp3) is 0.167. The van der Waals surface area contributed by atoms with Crippen LogP contribution in [0.25, 0.3) is 0 Å². The molecule has 30 heavy (non-hydrogen) atoms. The summed E-state index contributed by atoms with van der Waals surface area (Å²) in [6, 6.07) is 21.9. The van der Waals surface area contributed by atoms with Gasteiger partial charge in [0, 0.05) is 17.3 Å². The van der Waals surface area contributed by atoms with Gasteiger partial charge in [-0.2, -0.15) is 0 Å². The van der Waals surface area contributed by atoms with E-state index < -0.39 is 5.97 Å². The van der Waals surface area contributed by atoms with Crippen molar-refractivity contribution in [1.29, 1.82) is 0 Å². The van der Waals surface area contributed by atoms with Crippen LogP contribution in [0.2, 0.25) is 5.02 Å². The van der Waals surface area contributed by atoms with Crippen LogP contribution >= 0.6 is 11.6 Å². The van der Waals surface area contributed by atoms with E-state index in [0.29, 0.717) is 17.3 Å². The smallest absolute Gasteiger partial charge is 0.342 e. The Morgan fingerprint density at radius 1 is 0.933 bits per heavy atom. The lowest BCUT2D eigenvalue weighted by molar-refractivity contribution is -0.121. The molecule has 3 aromatic rings. The first kappa shape index (κ1) is 20.0. The highest BCUT2D eigenvalue weighted by Gasteiger charge is 2.25. The topological polar surface area (TPSA) is 55.8 Å². The number of hydrogen-bond donors (Lipinski definition) is 0. The third-order valence-electron chi connectivity index (χ3n) is 4.93. The number of esters is 1. The fourth-order valence-electron chi connectivity index (χ4n) is 3.38. The van der Waals surface area contributed by atoms with Crippen molar-refractivity contribution in [2.24, 2.45) is 0 Å². The number of ether oxygens (including phenoxy) is 2. The Morgan fingerprint density at radius 2 is 1.67 bits per heavy atom. The summed E-state index contributed by atoms with van der Waals surface area (Å²) in [6.07, 6.45) is 0.803. The lowest BCUT2D eigenvalue weighted by atomic mass is 10.2. The van der Waals surface area contributed by atoms with Crippen molar-refractivity contribution in [3.8, 4) is 5.75 Å². The molecule has 0 aromatic heterocycles. The number of rotatable bonds is 6. The lowest BCUT2D eigenvalue weighted by Gasteiger charge is -2.17. The summed E-state index contributed by atoms with van der Waals surface area (Å²) in [5, 5.41) is 0.646. The van der Waals surface area contributed by atoms with Crippen molar-refractivity contribution in [2.75, 3.05) is 18.1 Å². The van der Waals surface area contributed by atoms with Crippen LogP contribution in [-0.2, 0) is 22.6 Å². The van der Waals surface area contributed by atoms with E-state index in [0.717, 1.165) is 23.2 Å². The maximum atomic E-state index is 12.6. The molecule has 0 atom stereocenters. The molecule has 0 aliphatic carbocycles. The molecule has 4 rings (SSSR count). The van der Waals surface area contributed by atoms with Crippen molar-refractivity contribution in [3.63, 3.8) is 0 Å². The van der Waals surface area contributed by atoms with Gasteiger partial charge in [0.25, 0.3) is 5.91 Å². The third kappa shape index (κ3) is 4.47. The van der Waals surface area contributed by atoms with E-state index in [9.17, 15) is 9.59 Å². The van der Waals surface area contributed by atoms with Gasteiger partial charge >= 0.3 is 5.97 Å². The highest BCUT2D eigenvalue weighted by molar-refractivity contribution is 6.30. The Hall–Kier alpha value is -3.31. The molecule has 0 spiro atoms. The molecular formula is C24H20ClNO4. The van der Waals surface area contributed by atoms with Gasteiger partial charge < -0.3 is 14.4 Å². The molecule has 0 saturated carbocycles. The molecule has 1 aliphatic rings. The number of carbonyl (C=O) groups excluding carboxylic acids is 2. The van der Waals surface area contributed by atoms with Crippen molar-refractivity contribution < 1.29 is 19.1 Å². The van der Waals surface area contributed by atoms with Gasteiger partial charge in [-0.1, -0.05) is 54.1 Å². The summed E-state index contributed by atoms with van der Waals surface area (Å²) in [5.74, 6) is -0.438. The van der Waals surface area contributed by atoms with Gasteiger partial charge in [0.2, 0.25) is 0 Å². The zero-order valence-corrected chi connectivity index (χ0v) is 17.0. The van der Waals surface area contributed by atoms with Crippen LogP contribution in [0.4, 0.5) is 5.69 Å². The van der Waals surface area contributed by atoms with E-state index in [4.69, 9.17) is 21.1 Å². The predicted octanol–water partition coefficient (Wildman–Crippen LogP) is 4.67. The molecule has 0 bridgehead atoms. The third-order valence-corrected chi connectivity index (χ3v) is 5.18. The number of halogens is 1. The Morgan fingerprint density at radius 3 is 2.50 bits per heavy atom. The maximum Gasteiger partial charge on any atom is 0.342 e. The summed E-state index contributed by atoms with van der Waals surface area (Å²) in [6.45, 7) is 0.556. The highest BCUT2D eigenvalue weighted by atomic mass is 35.5. The minimum atomic E-state index is -0.595. The first-order valence-electron chi connectivity index (χ1n) is 9.63. The number of nitrogens with zero attached hydrogens (tertiary/aromatic N) is 1. The van der Waals surface area contributed by atoms with Crippen LogP contribution in [0, 0.1) is 0 Å². The van der Waals surface area contributed by atoms with Gasteiger partial charge in [0.05, 0.1) is 0 Å². The number of carbonyl (C=O) groups is 2. The van der Waals surface area contributed by atoms with E-state index in [1.807, 2.05) is 36.4 Å². The molecule has 0 N–H and O–H groups in total. The van der Waals surface area contributed by atoms with E-state index in [-0.39, 0.29) is 24.7 Å². The van der Waals surface area contributed by atoms with Crippen LogP contribution in [0.5, 0.6) is 5.75 Å².